The predicted octanol–water partition coefficient (Wildman–Crippen LogP) is 6.12. The summed E-state index contributed by atoms with van der Waals surface area (Å²) in [5.41, 5.74) is 9.12. The molecule has 1 atom stereocenters. The van der Waals surface area contributed by atoms with Crippen molar-refractivity contribution >= 4 is 63.7 Å². The number of likely N-dealkylation sites (tertiary alicyclic amines) is 1. The lowest BCUT2D eigenvalue weighted by atomic mass is 10.1. The number of nitrogens with zero attached hydrogens (tertiary/aromatic N) is 9. The van der Waals surface area contributed by atoms with E-state index in [4.69, 9.17) is 34.6 Å². The van der Waals surface area contributed by atoms with Gasteiger partial charge in [-0.3, -0.25) is 34.4 Å². The molecule has 1 fully saturated rings. The smallest absolute Gasteiger partial charge is 0.410 e. The number of primary amides is 1. The third-order valence-corrected chi connectivity index (χ3v) is 11.4. The zero-order chi connectivity index (χ0) is 50.4. The predicted molar refractivity (Wildman–Crippen MR) is 260 cm³/mol. The van der Waals surface area contributed by atoms with E-state index in [0.29, 0.717) is 83.2 Å². The number of nitrogens with two attached hydrogens (primary N) is 1. The summed E-state index contributed by atoms with van der Waals surface area (Å²) in [5, 5.41) is 14.7. The number of nitrogens with one attached hydrogen (secondary N) is 2. The molecule has 368 valence electrons. The SMILES string of the molecule is CCn1nc(C)cc1C(=O)Nc1nc2cc(C(=O)OC)cc(OC)c2n1C/C=C/Cn1c(NC(=O)c2cc(C)nn2CC)nc2cc(C(N)=O)cc(OCC#CCC3CCN(C(=O)OC(C)(C)C)C3)c21. The molecule has 1 unspecified atom stereocenters. The summed E-state index contributed by atoms with van der Waals surface area (Å²) >= 11 is 0. The van der Waals surface area contributed by atoms with Gasteiger partial charge in [-0.05, 0) is 97.2 Å². The van der Waals surface area contributed by atoms with Crippen molar-refractivity contribution < 1.29 is 42.9 Å². The molecule has 0 spiro atoms. The third kappa shape index (κ3) is 11.1. The van der Waals surface area contributed by atoms with E-state index in [1.807, 2.05) is 46.8 Å². The molecular weight excluding hydrogens is 901 g/mol. The maximum absolute atomic E-state index is 13.9. The molecule has 21 nitrogen and oxygen atoms in total. The van der Waals surface area contributed by atoms with Crippen molar-refractivity contribution in [2.24, 2.45) is 11.7 Å². The normalized spacial score (nSPS) is 13.7. The molecule has 4 N–H and O–H groups in total. The average Bonchev–Trinajstić information content (AvgIpc) is 4.16. The Balaban J connectivity index is 1.22. The Morgan fingerprint density at radius 2 is 1.33 bits per heavy atom. The number of carbonyl (C=O) groups is 5. The van der Waals surface area contributed by atoms with E-state index in [9.17, 15) is 24.0 Å². The van der Waals surface area contributed by atoms with Crippen LogP contribution >= 0.6 is 0 Å². The fourth-order valence-electron chi connectivity index (χ4n) is 8.15. The second kappa shape index (κ2) is 21.0. The van der Waals surface area contributed by atoms with Crippen LogP contribution in [0.1, 0.15) is 101 Å². The Morgan fingerprint density at radius 3 is 1.84 bits per heavy atom. The second-order valence-corrected chi connectivity index (χ2v) is 17.6. The number of fused-ring (bicyclic) bond motifs is 2. The number of imidazole rings is 2. The Bertz CT molecular complexity index is 3080. The van der Waals surface area contributed by atoms with Gasteiger partial charge in [0.1, 0.15) is 46.1 Å². The van der Waals surface area contributed by atoms with Crippen molar-refractivity contribution in [3.8, 4) is 23.3 Å². The molecule has 0 saturated carbocycles. The highest BCUT2D eigenvalue weighted by molar-refractivity contribution is 6.05. The number of aryl methyl sites for hydroxylation is 4. The van der Waals surface area contributed by atoms with Gasteiger partial charge in [0.15, 0.2) is 0 Å². The van der Waals surface area contributed by atoms with Crippen LogP contribution in [0.15, 0.2) is 48.6 Å². The lowest BCUT2D eigenvalue weighted by Crippen LogP contribution is -2.35. The quantitative estimate of drug-likeness (QED) is 0.0563. The van der Waals surface area contributed by atoms with E-state index >= 15 is 0 Å². The van der Waals surface area contributed by atoms with E-state index in [1.54, 1.807) is 55.4 Å². The molecule has 0 bridgehead atoms. The highest BCUT2D eigenvalue weighted by Gasteiger charge is 2.30. The largest absolute Gasteiger partial charge is 0.494 e. The molecule has 0 aliphatic carbocycles. The summed E-state index contributed by atoms with van der Waals surface area (Å²) in [4.78, 5) is 76.8. The number of esters is 1. The Labute approximate surface area is 404 Å². The molecule has 70 heavy (non-hydrogen) atoms. The van der Waals surface area contributed by atoms with Gasteiger partial charge in [-0.1, -0.05) is 24.0 Å². The number of rotatable bonds is 16. The number of hydrogen-bond acceptors (Lipinski definition) is 13. The molecular formula is C49H58N12O9. The zero-order valence-electron chi connectivity index (χ0n) is 40.8. The number of amides is 4. The van der Waals surface area contributed by atoms with Crippen molar-refractivity contribution in [1.29, 1.82) is 0 Å². The standard InChI is InChI=1S/C49H58N12O9/c1-10-60-36(22-29(3)55-60)43(63)53-46-52-35-25-33(45(65)68-9)27-38(67-8)40(35)58(46)18-13-14-19-59-41-34(51-47(59)54-44(64)37-23-30(4)56-61(37)11-2)24-32(42(50)62)26-39(41)69-21-15-12-16-31-17-20-57(28-31)48(66)70-49(5,6)7/h13-14,22-27,31H,10-11,16-21,28H2,1-9H3,(H2,50,62)(H,51,54,64)(H,52,53,63)/b14-13+. The number of ether oxygens (including phenoxy) is 4. The maximum Gasteiger partial charge on any atom is 0.410 e. The van der Waals surface area contributed by atoms with Crippen LogP contribution < -0.4 is 25.8 Å². The number of anilines is 2. The highest BCUT2D eigenvalue weighted by Crippen LogP contribution is 2.33. The lowest BCUT2D eigenvalue weighted by molar-refractivity contribution is 0.0288. The summed E-state index contributed by atoms with van der Waals surface area (Å²) in [5.74, 6) is 5.04. The molecule has 2 aromatic carbocycles. The van der Waals surface area contributed by atoms with Gasteiger partial charge >= 0.3 is 12.1 Å². The first-order valence-corrected chi connectivity index (χ1v) is 22.8. The molecule has 6 aromatic rings. The van der Waals surface area contributed by atoms with Crippen LogP contribution in [0.3, 0.4) is 0 Å². The third-order valence-electron chi connectivity index (χ3n) is 11.4. The van der Waals surface area contributed by atoms with Gasteiger partial charge in [-0.25, -0.2) is 19.6 Å². The first-order valence-electron chi connectivity index (χ1n) is 22.8. The molecule has 4 amide bonds. The minimum atomic E-state index is -0.713. The summed E-state index contributed by atoms with van der Waals surface area (Å²) in [7, 11) is 2.74. The van der Waals surface area contributed by atoms with E-state index in [0.717, 1.165) is 6.42 Å². The average molecular weight is 959 g/mol. The van der Waals surface area contributed by atoms with E-state index in [1.165, 1.54) is 32.4 Å². The van der Waals surface area contributed by atoms with Crippen LogP contribution in [0, 0.1) is 31.6 Å². The number of allylic oxidation sites excluding steroid dienone is 2. The number of carbonyl (C=O) groups excluding carboxylic acids is 5. The lowest BCUT2D eigenvalue weighted by Gasteiger charge is -2.24. The summed E-state index contributed by atoms with van der Waals surface area (Å²) in [6.45, 7) is 15.1. The molecule has 5 heterocycles. The van der Waals surface area contributed by atoms with Gasteiger partial charge in [0.05, 0.1) is 42.2 Å². The minimum Gasteiger partial charge on any atom is -0.494 e. The number of hydrogen-bond donors (Lipinski definition) is 3. The Kier molecular flexibility index (Phi) is 14.9. The van der Waals surface area contributed by atoms with Gasteiger partial charge in [-0.2, -0.15) is 10.2 Å². The van der Waals surface area contributed by atoms with E-state index < -0.39 is 29.3 Å². The molecule has 1 aliphatic rings. The van der Waals surface area contributed by atoms with Gasteiger partial charge < -0.3 is 38.7 Å². The second-order valence-electron chi connectivity index (χ2n) is 17.6. The van der Waals surface area contributed by atoms with Crippen molar-refractivity contribution in [3.05, 3.63) is 82.5 Å². The summed E-state index contributed by atoms with van der Waals surface area (Å²) < 4.78 is 29.2. The van der Waals surface area contributed by atoms with Crippen LogP contribution in [0.5, 0.6) is 11.5 Å². The van der Waals surface area contributed by atoms with Crippen molar-refractivity contribution in [1.82, 2.24) is 43.6 Å². The van der Waals surface area contributed by atoms with E-state index in [-0.39, 0.29) is 60.5 Å². The first kappa shape index (κ1) is 49.7. The van der Waals surface area contributed by atoms with Crippen LogP contribution in [0.2, 0.25) is 0 Å². The van der Waals surface area contributed by atoms with Crippen LogP contribution in [0.4, 0.5) is 16.7 Å². The Hall–Kier alpha value is -8.15. The molecule has 21 heteroatoms. The van der Waals surface area contributed by atoms with Crippen molar-refractivity contribution in [2.45, 2.75) is 93.1 Å². The monoisotopic (exact) mass is 958 g/mol. The van der Waals surface area contributed by atoms with Gasteiger partial charge in [-0.15, -0.1) is 0 Å². The fraction of sp³-hybridized carbons (Fsp3) is 0.408. The van der Waals surface area contributed by atoms with E-state index in [2.05, 4.69) is 32.7 Å². The highest BCUT2D eigenvalue weighted by atomic mass is 16.6. The maximum atomic E-state index is 13.9. The van der Waals surface area contributed by atoms with Crippen molar-refractivity contribution in [3.63, 3.8) is 0 Å². The zero-order valence-corrected chi connectivity index (χ0v) is 40.8. The van der Waals surface area contributed by atoms with Crippen LogP contribution in [-0.2, 0) is 35.7 Å². The Morgan fingerprint density at radius 1 is 0.786 bits per heavy atom. The number of benzene rings is 2. The van der Waals surface area contributed by atoms with Gasteiger partial charge in [0.2, 0.25) is 17.8 Å². The molecule has 7 rings (SSSR count). The first-order chi connectivity index (χ1) is 33.4. The molecule has 1 aliphatic heterocycles. The van der Waals surface area contributed by atoms with Gasteiger partial charge in [0.25, 0.3) is 11.8 Å². The van der Waals surface area contributed by atoms with Crippen LogP contribution in [0.25, 0.3) is 22.1 Å². The number of methoxy groups -OCH3 is 2. The van der Waals surface area contributed by atoms with Crippen LogP contribution in [-0.4, -0.2) is 113 Å². The molecule has 4 aromatic heterocycles. The fourth-order valence-corrected chi connectivity index (χ4v) is 8.15. The molecule has 0 radical (unpaired) electrons. The summed E-state index contributed by atoms with van der Waals surface area (Å²) in [6.07, 6.45) is 4.63. The molecule has 1 saturated heterocycles. The number of aromatic nitrogens is 8. The van der Waals surface area contributed by atoms with Crippen molar-refractivity contribution in [2.75, 3.05) is 44.5 Å². The minimum absolute atomic E-state index is 0.0577. The van der Waals surface area contributed by atoms with Gasteiger partial charge in [0, 0.05) is 51.3 Å². The topological polar surface area (TPSA) is 247 Å². The summed E-state index contributed by atoms with van der Waals surface area (Å²) in [6, 6.07) is 9.49.